The van der Waals surface area contributed by atoms with Crippen LogP contribution in [0.3, 0.4) is 0 Å². The molecule has 0 aromatic heterocycles. The third-order valence-corrected chi connectivity index (χ3v) is 16.9. The summed E-state index contributed by atoms with van der Waals surface area (Å²) in [6.45, 7) is 16.6. The minimum Gasteiger partial charge on any atom is -0.495 e. The van der Waals surface area contributed by atoms with Gasteiger partial charge >= 0.3 is 18.0 Å². The number of carbonyl (C=O) groups excluding carboxylic acids is 6. The van der Waals surface area contributed by atoms with E-state index < -0.39 is 71.1 Å². The van der Waals surface area contributed by atoms with Crippen LogP contribution in [0.4, 0.5) is 10.5 Å². The second-order valence-corrected chi connectivity index (χ2v) is 22.8. The number of aliphatic hydroxyl groups is 1. The number of esters is 1. The monoisotopic (exact) mass is 1010 g/mol. The molecule has 0 aliphatic carbocycles. The number of epoxide rings is 1. The molecule has 0 unspecified atom stereocenters. The van der Waals surface area contributed by atoms with E-state index >= 15 is 0 Å². The summed E-state index contributed by atoms with van der Waals surface area (Å²) in [5, 5.41) is 15.7. The first-order chi connectivity index (χ1) is 31.8. The third kappa shape index (κ3) is 12.9. The second-order valence-electron chi connectivity index (χ2n) is 19.3. The molecule has 0 radical (unpaired) electrons. The quantitative estimate of drug-likeness (QED) is 0.0771. The molecule has 68 heavy (non-hydrogen) atoms. The minimum absolute atomic E-state index is 0.0993. The van der Waals surface area contributed by atoms with E-state index in [4.69, 9.17) is 40.1 Å². The van der Waals surface area contributed by atoms with Crippen molar-refractivity contribution >= 4 is 74.6 Å². The highest BCUT2D eigenvalue weighted by atomic mass is 35.5. The number of likely N-dealkylation sites (N-methyl/N-ethyl adjacent to an activating group) is 1. The number of alkyl carbamates (subject to hydrolysis) is 1. The molecule has 376 valence electrons. The zero-order valence-electron chi connectivity index (χ0n) is 40.9. The fourth-order valence-corrected chi connectivity index (χ4v) is 11.5. The molecule has 17 nitrogen and oxygen atoms in total. The van der Waals surface area contributed by atoms with E-state index in [0.717, 1.165) is 16.2 Å². The normalized spacial score (nSPS) is 28.0. The van der Waals surface area contributed by atoms with Crippen LogP contribution >= 0.6 is 33.2 Å². The first-order valence-electron chi connectivity index (χ1n) is 22.6. The topological polar surface area (TPSA) is 203 Å². The van der Waals surface area contributed by atoms with Crippen molar-refractivity contribution in [3.63, 3.8) is 0 Å². The summed E-state index contributed by atoms with van der Waals surface area (Å²) in [5.41, 5.74) is -1.68. The second kappa shape index (κ2) is 22.2. The van der Waals surface area contributed by atoms with Gasteiger partial charge in [-0.3, -0.25) is 19.7 Å². The molecule has 4 heterocycles. The smallest absolute Gasteiger partial charge is 0.409 e. The molecule has 0 saturated carbocycles. The fraction of sp³-hybridized carbons (Fsp3) is 0.625. The number of carbonyl (C=O) groups is 6. The van der Waals surface area contributed by atoms with Gasteiger partial charge in [0.25, 0.3) is 5.91 Å². The summed E-state index contributed by atoms with van der Waals surface area (Å²) in [6, 6.07) is 2.50. The van der Waals surface area contributed by atoms with Gasteiger partial charge in [0.1, 0.15) is 40.7 Å². The third-order valence-electron chi connectivity index (χ3n) is 13.1. The van der Waals surface area contributed by atoms with E-state index in [-0.39, 0.29) is 53.7 Å². The maximum atomic E-state index is 14.4. The number of nitrogens with zero attached hydrogens (tertiary/aromatic N) is 3. The van der Waals surface area contributed by atoms with Crippen LogP contribution < -0.4 is 15.0 Å². The first-order valence-corrected chi connectivity index (χ1v) is 25.3. The Kier molecular flexibility index (Phi) is 17.9. The number of hydroxylamine groups is 2. The van der Waals surface area contributed by atoms with E-state index in [2.05, 4.69) is 11.9 Å². The molecule has 1 aromatic rings. The maximum Gasteiger partial charge on any atom is 0.409 e. The lowest BCUT2D eigenvalue weighted by molar-refractivity contribution is -0.186. The predicted octanol–water partition coefficient (Wildman–Crippen LogP) is 7.22. The van der Waals surface area contributed by atoms with Crippen molar-refractivity contribution in [2.24, 2.45) is 5.41 Å². The number of anilines is 1. The van der Waals surface area contributed by atoms with Crippen molar-refractivity contribution in [2.75, 3.05) is 39.0 Å². The molecular weight excluding hydrogens is 940 g/mol. The highest BCUT2D eigenvalue weighted by molar-refractivity contribution is 8.77. The number of hydrogen-bond acceptors (Lipinski definition) is 15. The first kappa shape index (κ1) is 54.7. The van der Waals surface area contributed by atoms with Gasteiger partial charge in [0.15, 0.2) is 5.72 Å². The van der Waals surface area contributed by atoms with Gasteiger partial charge in [-0.05, 0) is 78.0 Å². The van der Waals surface area contributed by atoms with Gasteiger partial charge in [-0.1, -0.05) is 77.4 Å². The van der Waals surface area contributed by atoms with Crippen LogP contribution in [0.15, 0.2) is 48.2 Å². The van der Waals surface area contributed by atoms with Crippen LogP contribution in [0, 0.1) is 5.41 Å². The van der Waals surface area contributed by atoms with Crippen LogP contribution in [0.25, 0.3) is 0 Å². The maximum absolute atomic E-state index is 14.4. The number of rotatable bonds is 15. The Morgan fingerprint density at radius 2 is 1.82 bits per heavy atom. The van der Waals surface area contributed by atoms with Gasteiger partial charge < -0.3 is 43.4 Å². The minimum atomic E-state index is -1.88. The highest BCUT2D eigenvalue weighted by Gasteiger charge is 2.68. The number of nitrogens with one attached hydrogen (secondary N) is 1. The largest absolute Gasteiger partial charge is 0.495 e. The number of methoxy groups -OCH3 is 2. The van der Waals surface area contributed by atoms with Crippen LogP contribution in [0.1, 0.15) is 105 Å². The number of fused-ring (bicyclic) bond motifs is 5. The molecule has 1 aromatic carbocycles. The Labute approximate surface area is 412 Å². The van der Waals surface area contributed by atoms with Crippen molar-refractivity contribution in [1.82, 2.24) is 15.3 Å². The van der Waals surface area contributed by atoms with Crippen molar-refractivity contribution < 1.29 is 62.4 Å². The van der Waals surface area contributed by atoms with Crippen LogP contribution in [-0.2, 0) is 54.2 Å². The van der Waals surface area contributed by atoms with E-state index in [1.807, 2.05) is 40.7 Å². The lowest BCUT2D eigenvalue weighted by Crippen LogP contribution is -2.65. The Morgan fingerprint density at radius 1 is 1.12 bits per heavy atom. The number of amides is 4. The summed E-state index contributed by atoms with van der Waals surface area (Å²) in [4.78, 5) is 87.3. The molecule has 4 amide bonds. The molecule has 0 spiro atoms. The number of hydrogen-bond donors (Lipinski definition) is 2. The molecule has 4 bridgehead atoms. The van der Waals surface area contributed by atoms with Crippen molar-refractivity contribution in [3.8, 4) is 5.75 Å². The lowest BCUT2D eigenvalue weighted by atomic mass is 9.73. The molecule has 3 fully saturated rings. The molecule has 3 saturated heterocycles. The standard InChI is InChI=1S/C48H67ClN4O13S2/c1-28-15-13-16-34(62-12)48(60)27-36(64-44(59)50-48)46(6,7)43-47(8,65-43)35(26-39(56)52(10)32-24-31(23-28)25-33(61-11)41(32)49)63-42(58)30(3)51(9)37(54)20-21-45(4,5)68-67-22-14-17-40(57)66-53-29(2)18-19-38(53)55/h13,15-16,24-25,30,34-36,43,60H,2,14,17-23,26-27H2,1,3-12H3,(H,50,59)/b16-13+,28-15+/t30-,34+,35-,36-,43-,47-,48-/m0/s1. The van der Waals surface area contributed by atoms with Crippen LogP contribution in [0.2, 0.25) is 5.02 Å². The summed E-state index contributed by atoms with van der Waals surface area (Å²) in [5.74, 6) is -1.32. The van der Waals surface area contributed by atoms with Gasteiger partial charge in [-0.15, -0.1) is 5.06 Å². The van der Waals surface area contributed by atoms with Crippen molar-refractivity contribution in [3.05, 3.63) is 58.8 Å². The predicted molar refractivity (Wildman–Crippen MR) is 259 cm³/mol. The Bertz CT molecular complexity index is 2170. The lowest BCUT2D eigenvalue weighted by Gasteiger charge is -2.45. The Balaban J connectivity index is 1.31. The van der Waals surface area contributed by atoms with Crippen LogP contribution in [-0.4, -0.2) is 131 Å². The molecule has 7 atom stereocenters. The van der Waals surface area contributed by atoms with Gasteiger partial charge in [-0.2, -0.15) is 0 Å². The fourth-order valence-electron chi connectivity index (χ4n) is 8.50. The van der Waals surface area contributed by atoms with Crippen molar-refractivity contribution in [1.29, 1.82) is 0 Å². The molecule has 2 N–H and O–H groups in total. The van der Waals surface area contributed by atoms with E-state index in [0.29, 0.717) is 48.6 Å². The summed E-state index contributed by atoms with van der Waals surface area (Å²) in [6.07, 6.45) is 2.48. The summed E-state index contributed by atoms with van der Waals surface area (Å²) in [7, 11) is 9.14. The molecule has 20 heteroatoms. The zero-order valence-corrected chi connectivity index (χ0v) is 43.3. The molecule has 5 rings (SSSR count). The average Bonchev–Trinajstić information content (AvgIpc) is 3.90. The van der Waals surface area contributed by atoms with E-state index in [1.165, 1.54) is 31.1 Å². The summed E-state index contributed by atoms with van der Waals surface area (Å²) >= 11 is 6.83. The Morgan fingerprint density at radius 3 is 2.47 bits per heavy atom. The number of allylic oxidation sites excluding steroid dienone is 4. The zero-order chi connectivity index (χ0) is 50.5. The van der Waals surface area contributed by atoms with E-state index in [9.17, 15) is 33.9 Å². The molecule has 4 aliphatic heterocycles. The average molecular weight is 1010 g/mol. The van der Waals surface area contributed by atoms with Gasteiger partial charge in [-0.25, -0.2) is 14.4 Å². The molecule has 4 aliphatic rings. The van der Waals surface area contributed by atoms with Gasteiger partial charge in [0.05, 0.1) is 31.0 Å². The highest BCUT2D eigenvalue weighted by Crippen LogP contribution is 2.55. The Hall–Kier alpha value is -4.27. The van der Waals surface area contributed by atoms with Crippen LogP contribution in [0.5, 0.6) is 5.75 Å². The summed E-state index contributed by atoms with van der Waals surface area (Å²) < 4.78 is 29.4. The molecular formula is C48H67ClN4O13S2. The van der Waals surface area contributed by atoms with Gasteiger partial charge in [0.2, 0.25) is 11.8 Å². The van der Waals surface area contributed by atoms with Crippen molar-refractivity contribution in [2.45, 2.75) is 153 Å². The number of halogens is 1. The van der Waals surface area contributed by atoms with E-state index in [1.54, 1.807) is 66.8 Å². The number of ether oxygens (including phenoxy) is 5. The SMILES string of the molecule is C=C1CCC(=O)N1OC(=O)CCCSSC(C)(C)CCC(=O)N(C)[C@@H](C)C(=O)O[C@H]1CC(=O)N(C)c2cc(cc(OC)c2Cl)C/C(C)=C/C=C/[C@@H](OC)[C@@]2(O)C[C@H](OC(=O)N2)C(C)(C)[C@@H]2O[C@@]12C. The number of benzene rings is 1. The van der Waals surface area contributed by atoms with Gasteiger partial charge in [0, 0.05) is 62.8 Å².